The van der Waals surface area contributed by atoms with Crippen LogP contribution in [0.15, 0.2) is 28.7 Å². The van der Waals surface area contributed by atoms with Crippen LogP contribution in [-0.2, 0) is 5.41 Å². The molecule has 0 unspecified atom stereocenters. The predicted molar refractivity (Wildman–Crippen MR) is 90.0 cm³/mol. The van der Waals surface area contributed by atoms with Crippen LogP contribution < -0.4 is 4.74 Å². The third-order valence-electron chi connectivity index (χ3n) is 2.92. The molecule has 112 valence electrons. The third kappa shape index (κ3) is 3.74. The van der Waals surface area contributed by atoms with E-state index in [9.17, 15) is 0 Å². The van der Waals surface area contributed by atoms with Crippen molar-refractivity contribution in [1.82, 2.24) is 9.97 Å². The van der Waals surface area contributed by atoms with Gasteiger partial charge >= 0.3 is 0 Å². The van der Waals surface area contributed by atoms with E-state index in [1.807, 2.05) is 31.2 Å². The van der Waals surface area contributed by atoms with Crippen molar-refractivity contribution < 1.29 is 4.74 Å². The Labute approximate surface area is 138 Å². The van der Waals surface area contributed by atoms with Gasteiger partial charge in [-0.05, 0) is 35.0 Å². The lowest BCUT2D eigenvalue weighted by atomic mass is 9.92. The first-order valence-corrected chi connectivity index (χ1v) is 7.96. The number of hydrogen-bond acceptors (Lipinski definition) is 3. The lowest BCUT2D eigenvalue weighted by molar-refractivity contribution is 0.340. The van der Waals surface area contributed by atoms with Crippen molar-refractivity contribution in [2.24, 2.45) is 0 Å². The third-order valence-corrected chi connectivity index (χ3v) is 4.18. The van der Waals surface area contributed by atoms with Crippen LogP contribution in [0.1, 0.15) is 33.4 Å². The Hall–Kier alpha value is -1.13. The highest BCUT2D eigenvalue weighted by molar-refractivity contribution is 9.10. The van der Waals surface area contributed by atoms with E-state index in [0.717, 1.165) is 21.5 Å². The topological polar surface area (TPSA) is 35.0 Å². The number of hydrogen-bond donors (Lipinski definition) is 0. The smallest absolute Gasteiger partial charge is 0.161 e. The first kappa shape index (κ1) is 16.2. The lowest BCUT2D eigenvalue weighted by Crippen LogP contribution is -2.16. The van der Waals surface area contributed by atoms with Crippen LogP contribution in [0.5, 0.6) is 5.75 Å². The molecule has 0 saturated heterocycles. The number of rotatable bonds is 3. The van der Waals surface area contributed by atoms with Crippen molar-refractivity contribution in [3.63, 3.8) is 0 Å². The maximum atomic E-state index is 6.25. The van der Waals surface area contributed by atoms with Crippen LogP contribution in [0.2, 0.25) is 5.15 Å². The van der Waals surface area contributed by atoms with Crippen LogP contribution in [0.25, 0.3) is 11.4 Å². The van der Waals surface area contributed by atoms with Gasteiger partial charge in [-0.1, -0.05) is 44.5 Å². The molecule has 1 aromatic carbocycles. The summed E-state index contributed by atoms with van der Waals surface area (Å²) >= 11 is 9.73. The van der Waals surface area contributed by atoms with Crippen molar-refractivity contribution in [3.8, 4) is 17.1 Å². The lowest BCUT2D eigenvalue weighted by Gasteiger charge is -2.20. The largest absolute Gasteiger partial charge is 0.494 e. The van der Waals surface area contributed by atoms with Gasteiger partial charge in [0.05, 0.1) is 16.8 Å². The van der Waals surface area contributed by atoms with Crippen LogP contribution in [0, 0.1) is 0 Å². The van der Waals surface area contributed by atoms with E-state index in [1.54, 1.807) is 0 Å². The SMILES string of the molecule is CCOc1cccc(-c2nc(Cl)c(Br)c(C(C)(C)C)n2)c1. The molecule has 5 heteroatoms. The minimum Gasteiger partial charge on any atom is -0.494 e. The summed E-state index contributed by atoms with van der Waals surface area (Å²) in [7, 11) is 0. The van der Waals surface area contributed by atoms with Gasteiger partial charge in [0.1, 0.15) is 10.9 Å². The molecule has 0 amide bonds. The molecule has 0 aliphatic rings. The molecule has 3 nitrogen and oxygen atoms in total. The summed E-state index contributed by atoms with van der Waals surface area (Å²) in [4.78, 5) is 9.05. The Bertz CT molecular complexity index is 653. The van der Waals surface area contributed by atoms with Gasteiger partial charge in [-0.15, -0.1) is 0 Å². The summed E-state index contributed by atoms with van der Waals surface area (Å²) in [6.45, 7) is 8.86. The van der Waals surface area contributed by atoms with Gasteiger partial charge in [-0.3, -0.25) is 0 Å². The van der Waals surface area contributed by atoms with E-state index >= 15 is 0 Å². The fraction of sp³-hybridized carbons (Fsp3) is 0.375. The molecule has 0 saturated carbocycles. The zero-order valence-electron chi connectivity index (χ0n) is 12.6. The highest BCUT2D eigenvalue weighted by Crippen LogP contribution is 2.34. The van der Waals surface area contributed by atoms with Crippen molar-refractivity contribution >= 4 is 27.5 Å². The van der Waals surface area contributed by atoms with Gasteiger partial charge in [0.25, 0.3) is 0 Å². The fourth-order valence-electron chi connectivity index (χ4n) is 1.94. The standard InChI is InChI=1S/C16H18BrClN2O/c1-5-21-11-8-6-7-10(9-11)15-19-13(16(2,3)4)12(17)14(18)20-15/h6-9H,5H2,1-4H3. The first-order valence-electron chi connectivity index (χ1n) is 6.79. The number of benzene rings is 1. The van der Waals surface area contributed by atoms with E-state index in [-0.39, 0.29) is 5.41 Å². The molecular formula is C16H18BrClN2O. The van der Waals surface area contributed by atoms with Gasteiger partial charge in [-0.25, -0.2) is 9.97 Å². The molecule has 2 rings (SSSR count). The number of nitrogens with zero attached hydrogens (tertiary/aromatic N) is 2. The Kier molecular flexibility index (Phi) is 4.89. The average molecular weight is 370 g/mol. The second kappa shape index (κ2) is 6.32. The van der Waals surface area contributed by atoms with Crippen LogP contribution >= 0.6 is 27.5 Å². The zero-order valence-corrected chi connectivity index (χ0v) is 14.9. The first-order chi connectivity index (χ1) is 9.82. The summed E-state index contributed by atoms with van der Waals surface area (Å²) in [5.41, 5.74) is 1.65. The summed E-state index contributed by atoms with van der Waals surface area (Å²) in [6, 6.07) is 7.72. The Morgan fingerprint density at radius 2 is 1.95 bits per heavy atom. The summed E-state index contributed by atoms with van der Waals surface area (Å²) in [5, 5.41) is 0.423. The molecule has 21 heavy (non-hydrogen) atoms. The monoisotopic (exact) mass is 368 g/mol. The van der Waals surface area contributed by atoms with Crippen molar-refractivity contribution in [2.45, 2.75) is 33.1 Å². The molecule has 0 bridgehead atoms. The zero-order chi connectivity index (χ0) is 15.6. The highest BCUT2D eigenvalue weighted by Gasteiger charge is 2.23. The van der Waals surface area contributed by atoms with Crippen LogP contribution in [0.3, 0.4) is 0 Å². The molecule has 1 heterocycles. The van der Waals surface area contributed by atoms with E-state index in [2.05, 4.69) is 46.7 Å². The van der Waals surface area contributed by atoms with Crippen molar-refractivity contribution in [1.29, 1.82) is 0 Å². The Balaban J connectivity index is 2.54. The van der Waals surface area contributed by atoms with E-state index in [1.165, 1.54) is 0 Å². The van der Waals surface area contributed by atoms with Crippen LogP contribution in [-0.4, -0.2) is 16.6 Å². The van der Waals surface area contributed by atoms with Crippen LogP contribution in [0.4, 0.5) is 0 Å². The molecule has 0 atom stereocenters. The molecule has 1 aromatic heterocycles. The summed E-state index contributed by atoms with van der Waals surface area (Å²) in [5.74, 6) is 1.41. The minimum atomic E-state index is -0.127. The summed E-state index contributed by atoms with van der Waals surface area (Å²) in [6.07, 6.45) is 0. The number of ether oxygens (including phenoxy) is 1. The molecule has 0 aliphatic heterocycles. The molecule has 2 aromatic rings. The summed E-state index contributed by atoms with van der Waals surface area (Å²) < 4.78 is 6.27. The van der Waals surface area contributed by atoms with Gasteiger partial charge < -0.3 is 4.74 Å². The van der Waals surface area contributed by atoms with E-state index < -0.39 is 0 Å². The minimum absolute atomic E-state index is 0.127. The molecule has 0 radical (unpaired) electrons. The van der Waals surface area contributed by atoms with Crippen molar-refractivity contribution in [3.05, 3.63) is 39.6 Å². The number of halogens is 2. The Morgan fingerprint density at radius 3 is 2.57 bits per heavy atom. The Morgan fingerprint density at radius 1 is 1.24 bits per heavy atom. The van der Waals surface area contributed by atoms with Gasteiger partial charge in [0.15, 0.2) is 5.82 Å². The second-order valence-corrected chi connectivity index (χ2v) is 6.86. The number of aromatic nitrogens is 2. The molecule has 0 spiro atoms. The average Bonchev–Trinajstić information content (AvgIpc) is 2.41. The quantitative estimate of drug-likeness (QED) is 0.693. The fourth-order valence-corrected chi connectivity index (χ4v) is 2.88. The maximum Gasteiger partial charge on any atom is 0.161 e. The maximum absolute atomic E-state index is 6.25. The van der Waals surface area contributed by atoms with Gasteiger partial charge in [-0.2, -0.15) is 0 Å². The second-order valence-electron chi connectivity index (χ2n) is 5.71. The van der Waals surface area contributed by atoms with Gasteiger partial charge in [0, 0.05) is 11.0 Å². The molecule has 0 N–H and O–H groups in total. The van der Waals surface area contributed by atoms with E-state index in [4.69, 9.17) is 16.3 Å². The van der Waals surface area contributed by atoms with E-state index in [0.29, 0.717) is 17.6 Å². The molecule has 0 aliphatic carbocycles. The molecular weight excluding hydrogens is 352 g/mol. The van der Waals surface area contributed by atoms with Crippen molar-refractivity contribution in [2.75, 3.05) is 6.61 Å². The highest BCUT2D eigenvalue weighted by atomic mass is 79.9. The predicted octanol–water partition coefficient (Wildman–Crippen LogP) is 5.26. The normalized spacial score (nSPS) is 11.5. The molecule has 0 fully saturated rings. The van der Waals surface area contributed by atoms with Gasteiger partial charge in [0.2, 0.25) is 0 Å².